The highest BCUT2D eigenvalue weighted by Crippen LogP contribution is 2.25. The van der Waals surface area contributed by atoms with Crippen LogP contribution in [0.4, 0.5) is 5.69 Å². The van der Waals surface area contributed by atoms with Crippen LogP contribution in [0.25, 0.3) is 0 Å². The molecule has 23 heavy (non-hydrogen) atoms. The van der Waals surface area contributed by atoms with Crippen LogP contribution in [-0.2, 0) is 14.3 Å². The number of rotatable bonds is 5. The van der Waals surface area contributed by atoms with Gasteiger partial charge in [0.2, 0.25) is 5.91 Å². The molecule has 0 aliphatic carbocycles. The summed E-state index contributed by atoms with van der Waals surface area (Å²) < 4.78 is 5.08. The van der Waals surface area contributed by atoms with Crippen molar-refractivity contribution in [2.24, 2.45) is 0 Å². The number of likely N-dealkylation sites (N-methyl/N-ethyl adjacent to an activating group) is 1. The second-order valence-electron chi connectivity index (χ2n) is 4.97. The van der Waals surface area contributed by atoms with Crippen molar-refractivity contribution in [1.82, 2.24) is 0 Å². The van der Waals surface area contributed by atoms with Crippen LogP contribution in [0.3, 0.4) is 0 Å². The summed E-state index contributed by atoms with van der Waals surface area (Å²) in [5.74, 6) is -1.99. The molecule has 0 saturated carbocycles. The average molecular weight is 332 g/mol. The molecule has 0 fully saturated rings. The van der Waals surface area contributed by atoms with Gasteiger partial charge in [-0.15, -0.1) is 0 Å². The van der Waals surface area contributed by atoms with E-state index in [-0.39, 0.29) is 12.5 Å². The van der Waals surface area contributed by atoms with Gasteiger partial charge in [0.05, 0.1) is 6.61 Å². The van der Waals surface area contributed by atoms with E-state index in [9.17, 15) is 9.59 Å². The van der Waals surface area contributed by atoms with E-state index in [0.29, 0.717) is 16.3 Å². The van der Waals surface area contributed by atoms with Crippen LogP contribution in [0.2, 0.25) is 5.02 Å². The molecule has 0 N–H and O–H groups in total. The first kappa shape index (κ1) is 17.0. The van der Waals surface area contributed by atoms with Crippen LogP contribution in [-0.4, -0.2) is 25.5 Å². The van der Waals surface area contributed by atoms with Crippen LogP contribution in [0.1, 0.15) is 18.4 Å². The molecule has 5 heteroatoms. The molecule has 1 atom stereocenters. The van der Waals surface area contributed by atoms with Crippen molar-refractivity contribution in [2.45, 2.75) is 12.8 Å². The van der Waals surface area contributed by atoms with E-state index < -0.39 is 11.9 Å². The Bertz CT molecular complexity index is 688. The normalized spacial score (nSPS) is 11.6. The standard InChI is InChI=1S/C18H18ClNO3/c1-3-23-18(22)16(13-8-7-9-14(19)12-13)17(21)20(2)15-10-5-4-6-11-15/h4-12,16H,3H2,1-2H3/t16-/m0/s1. The number of nitrogens with zero attached hydrogens (tertiary/aromatic N) is 1. The molecule has 0 bridgehead atoms. The summed E-state index contributed by atoms with van der Waals surface area (Å²) >= 11 is 5.99. The number of amides is 1. The fraction of sp³-hybridized carbons (Fsp3) is 0.222. The number of anilines is 1. The molecule has 0 unspecified atom stereocenters. The molecular formula is C18H18ClNO3. The van der Waals surface area contributed by atoms with Crippen LogP contribution in [0, 0.1) is 0 Å². The van der Waals surface area contributed by atoms with Crippen LogP contribution < -0.4 is 4.90 Å². The molecule has 0 aliphatic heterocycles. The van der Waals surface area contributed by atoms with Crippen molar-refractivity contribution in [3.63, 3.8) is 0 Å². The van der Waals surface area contributed by atoms with Crippen molar-refractivity contribution in [3.05, 3.63) is 65.2 Å². The highest BCUT2D eigenvalue weighted by molar-refractivity contribution is 6.30. The summed E-state index contributed by atoms with van der Waals surface area (Å²) in [7, 11) is 1.63. The zero-order valence-corrected chi connectivity index (χ0v) is 13.8. The fourth-order valence-electron chi connectivity index (χ4n) is 2.26. The number of carbonyl (C=O) groups is 2. The smallest absolute Gasteiger partial charge is 0.323 e. The van der Waals surface area contributed by atoms with E-state index in [0.717, 1.165) is 0 Å². The number of halogens is 1. The van der Waals surface area contributed by atoms with Crippen molar-refractivity contribution >= 4 is 29.2 Å². The van der Waals surface area contributed by atoms with Crippen molar-refractivity contribution in [1.29, 1.82) is 0 Å². The molecule has 120 valence electrons. The largest absolute Gasteiger partial charge is 0.465 e. The third-order valence-corrected chi connectivity index (χ3v) is 3.66. The molecule has 2 aromatic carbocycles. The number of benzene rings is 2. The van der Waals surface area contributed by atoms with Gasteiger partial charge in [0.1, 0.15) is 0 Å². The Morgan fingerprint density at radius 3 is 2.43 bits per heavy atom. The lowest BCUT2D eigenvalue weighted by molar-refractivity contribution is -0.147. The number of hydrogen-bond donors (Lipinski definition) is 0. The van der Waals surface area contributed by atoms with E-state index in [1.807, 2.05) is 18.2 Å². The van der Waals surface area contributed by atoms with Gasteiger partial charge in [0, 0.05) is 17.8 Å². The molecule has 0 aromatic heterocycles. The predicted octanol–water partition coefficient (Wildman–Crippen LogP) is 3.65. The molecule has 0 aliphatic rings. The van der Waals surface area contributed by atoms with E-state index >= 15 is 0 Å². The van der Waals surface area contributed by atoms with E-state index in [2.05, 4.69) is 0 Å². The molecule has 2 aromatic rings. The lowest BCUT2D eigenvalue weighted by atomic mass is 9.97. The van der Waals surface area contributed by atoms with Crippen LogP contribution >= 0.6 is 11.6 Å². The second kappa shape index (κ2) is 7.79. The van der Waals surface area contributed by atoms with Gasteiger partial charge < -0.3 is 9.64 Å². The third-order valence-electron chi connectivity index (χ3n) is 3.43. The Kier molecular flexibility index (Phi) is 5.77. The monoisotopic (exact) mass is 331 g/mol. The molecule has 0 radical (unpaired) electrons. The van der Waals surface area contributed by atoms with Gasteiger partial charge >= 0.3 is 5.97 Å². The lowest BCUT2D eigenvalue weighted by Crippen LogP contribution is -2.36. The number of esters is 1. The van der Waals surface area contributed by atoms with E-state index in [1.54, 1.807) is 50.4 Å². The fourth-order valence-corrected chi connectivity index (χ4v) is 2.46. The average Bonchev–Trinajstić information content (AvgIpc) is 2.55. The number of para-hydroxylation sites is 1. The predicted molar refractivity (Wildman–Crippen MR) is 90.7 cm³/mol. The van der Waals surface area contributed by atoms with Gasteiger partial charge in [-0.3, -0.25) is 9.59 Å². The first-order chi connectivity index (χ1) is 11.0. The van der Waals surface area contributed by atoms with E-state index in [1.165, 1.54) is 4.90 Å². The second-order valence-corrected chi connectivity index (χ2v) is 5.41. The summed E-state index contributed by atoms with van der Waals surface area (Å²) in [5.41, 5.74) is 1.22. The van der Waals surface area contributed by atoms with Gasteiger partial charge in [-0.25, -0.2) is 0 Å². The molecule has 4 nitrogen and oxygen atoms in total. The minimum absolute atomic E-state index is 0.207. The van der Waals surface area contributed by atoms with Crippen molar-refractivity contribution in [2.75, 3.05) is 18.6 Å². The molecular weight excluding hydrogens is 314 g/mol. The van der Waals surface area contributed by atoms with Crippen molar-refractivity contribution < 1.29 is 14.3 Å². The van der Waals surface area contributed by atoms with Crippen LogP contribution in [0.5, 0.6) is 0 Å². The lowest BCUT2D eigenvalue weighted by Gasteiger charge is -2.23. The maximum absolute atomic E-state index is 12.9. The molecule has 0 saturated heterocycles. The Balaban J connectivity index is 2.37. The Morgan fingerprint density at radius 1 is 1.13 bits per heavy atom. The van der Waals surface area contributed by atoms with Crippen LogP contribution in [0.15, 0.2) is 54.6 Å². The van der Waals surface area contributed by atoms with Gasteiger partial charge in [-0.05, 0) is 36.8 Å². The topological polar surface area (TPSA) is 46.6 Å². The zero-order valence-electron chi connectivity index (χ0n) is 13.0. The summed E-state index contributed by atoms with van der Waals surface area (Å²) in [6.07, 6.45) is 0. The molecule has 0 spiro atoms. The molecule has 2 rings (SSSR count). The van der Waals surface area contributed by atoms with Gasteiger partial charge in [-0.1, -0.05) is 41.9 Å². The minimum atomic E-state index is -1.04. The highest BCUT2D eigenvalue weighted by Gasteiger charge is 2.33. The van der Waals surface area contributed by atoms with E-state index in [4.69, 9.17) is 16.3 Å². The highest BCUT2D eigenvalue weighted by atomic mass is 35.5. The maximum Gasteiger partial charge on any atom is 0.323 e. The van der Waals surface area contributed by atoms with Gasteiger partial charge in [0.25, 0.3) is 0 Å². The van der Waals surface area contributed by atoms with Gasteiger partial charge in [0.15, 0.2) is 5.92 Å². The maximum atomic E-state index is 12.9. The van der Waals surface area contributed by atoms with Crippen molar-refractivity contribution in [3.8, 4) is 0 Å². The quantitative estimate of drug-likeness (QED) is 0.620. The Morgan fingerprint density at radius 2 is 1.83 bits per heavy atom. The first-order valence-electron chi connectivity index (χ1n) is 7.29. The SMILES string of the molecule is CCOC(=O)[C@H](C(=O)N(C)c1ccccc1)c1cccc(Cl)c1. The number of carbonyl (C=O) groups excluding carboxylic acids is 2. The summed E-state index contributed by atoms with van der Waals surface area (Å²) in [5, 5.41) is 0.465. The minimum Gasteiger partial charge on any atom is -0.465 e. The first-order valence-corrected chi connectivity index (χ1v) is 7.67. The Hall–Kier alpha value is -2.33. The summed E-state index contributed by atoms with van der Waals surface area (Å²) in [6.45, 7) is 1.91. The summed E-state index contributed by atoms with van der Waals surface area (Å²) in [6, 6.07) is 15.8. The Labute approximate surface area is 140 Å². The third kappa shape index (κ3) is 4.11. The number of ether oxygens (including phenoxy) is 1. The number of hydrogen-bond acceptors (Lipinski definition) is 3. The summed E-state index contributed by atoms with van der Waals surface area (Å²) in [4.78, 5) is 26.6. The van der Waals surface area contributed by atoms with Gasteiger partial charge in [-0.2, -0.15) is 0 Å². The molecule has 1 amide bonds. The zero-order chi connectivity index (χ0) is 16.8. The molecule has 0 heterocycles.